The van der Waals surface area contributed by atoms with E-state index in [1.807, 2.05) is 29.7 Å². The van der Waals surface area contributed by atoms with Gasteiger partial charge in [-0.25, -0.2) is 5.84 Å². The van der Waals surface area contributed by atoms with Crippen LogP contribution in [0.2, 0.25) is 0 Å². The topological polar surface area (TPSA) is 95.1 Å². The van der Waals surface area contributed by atoms with Crippen LogP contribution in [0.4, 0.5) is 0 Å². The normalized spacial score (nSPS) is 10.3. The lowest BCUT2D eigenvalue weighted by Crippen LogP contribution is -2.30. The van der Waals surface area contributed by atoms with Crippen molar-refractivity contribution in [3.63, 3.8) is 0 Å². The van der Waals surface area contributed by atoms with Crippen LogP contribution in [-0.2, 0) is 6.54 Å². The van der Waals surface area contributed by atoms with Gasteiger partial charge >= 0.3 is 0 Å². The number of aromatic nitrogens is 3. The van der Waals surface area contributed by atoms with Crippen molar-refractivity contribution in [3.8, 4) is 5.75 Å². The Morgan fingerprint density at radius 1 is 1.50 bits per heavy atom. The highest BCUT2D eigenvalue weighted by atomic mass is 32.2. The number of aryl methyl sites for hydroxylation is 1. The molecule has 0 bridgehead atoms. The van der Waals surface area contributed by atoms with Gasteiger partial charge in [-0.2, -0.15) is 0 Å². The number of amides is 1. The van der Waals surface area contributed by atoms with Gasteiger partial charge in [0.1, 0.15) is 5.75 Å². The number of benzene rings is 1. The number of nitrogen functional groups attached to an aromatic ring is 1. The van der Waals surface area contributed by atoms with Crippen LogP contribution in [-0.4, -0.2) is 33.8 Å². The Kier molecular flexibility index (Phi) is 4.97. The molecule has 0 saturated heterocycles. The highest BCUT2D eigenvalue weighted by Crippen LogP contribution is 2.28. The quantitative estimate of drug-likeness (QED) is 0.352. The van der Waals surface area contributed by atoms with Crippen LogP contribution in [0.3, 0.4) is 0 Å². The van der Waals surface area contributed by atoms with Gasteiger partial charge in [-0.15, -0.1) is 16.9 Å². The number of hydrogen-bond donors (Lipinski definition) is 2. The molecular formula is C12H15N5O2S. The van der Waals surface area contributed by atoms with E-state index in [0.717, 1.165) is 16.4 Å². The summed E-state index contributed by atoms with van der Waals surface area (Å²) >= 11 is 1.65. The average Bonchev–Trinajstić information content (AvgIpc) is 2.96. The maximum atomic E-state index is 11.2. The van der Waals surface area contributed by atoms with E-state index in [9.17, 15) is 4.79 Å². The molecule has 0 aliphatic rings. The van der Waals surface area contributed by atoms with Gasteiger partial charge in [-0.1, -0.05) is 17.3 Å². The molecule has 0 fully saturated rings. The zero-order valence-corrected chi connectivity index (χ0v) is 11.8. The van der Waals surface area contributed by atoms with Crippen molar-refractivity contribution in [2.45, 2.75) is 11.4 Å². The van der Waals surface area contributed by atoms with E-state index in [1.54, 1.807) is 29.8 Å². The molecule has 20 heavy (non-hydrogen) atoms. The number of ether oxygens (including phenoxy) is 1. The number of hydrazine groups is 1. The molecule has 0 aliphatic carbocycles. The van der Waals surface area contributed by atoms with Gasteiger partial charge in [0, 0.05) is 10.6 Å². The highest BCUT2D eigenvalue weighted by molar-refractivity contribution is 7.99. The number of thioether (sulfide) groups is 1. The molecular weight excluding hydrogens is 278 g/mol. The van der Waals surface area contributed by atoms with Gasteiger partial charge in [0.15, 0.2) is 5.69 Å². The Labute approximate surface area is 120 Å². The summed E-state index contributed by atoms with van der Waals surface area (Å²) in [5.41, 5.74) is 2.22. The summed E-state index contributed by atoms with van der Waals surface area (Å²) in [7, 11) is 1.65. The van der Waals surface area contributed by atoms with Crippen LogP contribution in [0.1, 0.15) is 10.5 Å². The van der Waals surface area contributed by atoms with E-state index >= 15 is 0 Å². The number of carbonyl (C=O) groups excluding carboxylic acids is 1. The Bertz CT molecular complexity index is 587. The first kappa shape index (κ1) is 14.4. The lowest BCUT2D eigenvalue weighted by Gasteiger charge is -2.07. The first-order valence-electron chi connectivity index (χ1n) is 5.91. The number of para-hydroxylation sites is 1. The van der Waals surface area contributed by atoms with Gasteiger partial charge in [0.25, 0.3) is 5.91 Å². The number of nitrogens with two attached hydrogens (primary N) is 1. The molecule has 1 amide bonds. The first-order valence-corrected chi connectivity index (χ1v) is 6.90. The lowest BCUT2D eigenvalue weighted by molar-refractivity contribution is 0.0948. The Balaban J connectivity index is 1.89. The second kappa shape index (κ2) is 6.92. The second-order valence-electron chi connectivity index (χ2n) is 3.84. The fraction of sp³-hybridized carbons (Fsp3) is 0.250. The van der Waals surface area contributed by atoms with E-state index in [-0.39, 0.29) is 5.69 Å². The van der Waals surface area contributed by atoms with E-state index in [1.165, 1.54) is 0 Å². The molecule has 3 N–H and O–H groups in total. The number of hydrogen-bond acceptors (Lipinski definition) is 6. The summed E-state index contributed by atoms with van der Waals surface area (Å²) in [6.07, 6.45) is 1.56. The lowest BCUT2D eigenvalue weighted by atomic mass is 10.3. The summed E-state index contributed by atoms with van der Waals surface area (Å²) in [4.78, 5) is 12.3. The van der Waals surface area contributed by atoms with Gasteiger partial charge < -0.3 is 4.74 Å². The van der Waals surface area contributed by atoms with Crippen LogP contribution >= 0.6 is 11.8 Å². The molecule has 1 heterocycles. The summed E-state index contributed by atoms with van der Waals surface area (Å²) in [6, 6.07) is 7.81. The van der Waals surface area contributed by atoms with Crippen LogP contribution < -0.4 is 16.0 Å². The zero-order chi connectivity index (χ0) is 14.4. The molecule has 7 nitrogen and oxygen atoms in total. The zero-order valence-electron chi connectivity index (χ0n) is 10.9. The average molecular weight is 293 g/mol. The Hall–Kier alpha value is -2.06. The van der Waals surface area contributed by atoms with Gasteiger partial charge in [-0.3, -0.25) is 14.9 Å². The van der Waals surface area contributed by atoms with Crippen LogP contribution in [0.15, 0.2) is 35.4 Å². The minimum atomic E-state index is -0.450. The molecule has 1 aromatic heterocycles. The Morgan fingerprint density at radius 3 is 3.05 bits per heavy atom. The third-order valence-electron chi connectivity index (χ3n) is 2.55. The van der Waals surface area contributed by atoms with Crippen LogP contribution in [0, 0.1) is 0 Å². The fourth-order valence-corrected chi connectivity index (χ4v) is 2.54. The maximum absolute atomic E-state index is 11.2. The molecule has 0 radical (unpaired) electrons. The molecule has 8 heteroatoms. The molecule has 0 atom stereocenters. The minimum Gasteiger partial charge on any atom is -0.496 e. The fourth-order valence-electron chi connectivity index (χ4n) is 1.57. The first-order chi connectivity index (χ1) is 9.74. The Morgan fingerprint density at radius 2 is 2.30 bits per heavy atom. The summed E-state index contributed by atoms with van der Waals surface area (Å²) in [5, 5.41) is 7.60. The molecule has 0 unspecified atom stereocenters. The second-order valence-corrected chi connectivity index (χ2v) is 4.98. The third kappa shape index (κ3) is 3.49. The molecule has 1 aromatic carbocycles. The van der Waals surface area contributed by atoms with E-state index < -0.39 is 5.91 Å². The van der Waals surface area contributed by atoms with Crippen molar-refractivity contribution in [2.24, 2.45) is 5.84 Å². The maximum Gasteiger partial charge on any atom is 0.287 e. The van der Waals surface area contributed by atoms with Crippen molar-refractivity contribution in [3.05, 3.63) is 36.2 Å². The summed E-state index contributed by atoms with van der Waals surface area (Å²) in [5.74, 6) is 6.21. The SMILES string of the molecule is COc1ccccc1SCCn1cc(C(=O)NN)nn1. The number of nitrogens with zero attached hydrogens (tertiary/aromatic N) is 3. The predicted octanol–water partition coefficient (Wildman–Crippen LogP) is 0.682. The number of rotatable bonds is 6. The van der Waals surface area contributed by atoms with Crippen LogP contribution in [0.5, 0.6) is 5.75 Å². The van der Waals surface area contributed by atoms with E-state index in [4.69, 9.17) is 10.6 Å². The molecule has 106 valence electrons. The highest BCUT2D eigenvalue weighted by Gasteiger charge is 2.09. The predicted molar refractivity (Wildman–Crippen MR) is 75.4 cm³/mol. The molecule has 2 rings (SSSR count). The number of nitrogens with one attached hydrogen (secondary N) is 1. The van der Waals surface area contributed by atoms with E-state index in [0.29, 0.717) is 6.54 Å². The van der Waals surface area contributed by atoms with Crippen molar-refractivity contribution in [2.75, 3.05) is 12.9 Å². The molecule has 0 spiro atoms. The number of methoxy groups -OCH3 is 1. The molecule has 0 aliphatic heterocycles. The smallest absolute Gasteiger partial charge is 0.287 e. The van der Waals surface area contributed by atoms with Crippen molar-refractivity contribution in [1.82, 2.24) is 20.4 Å². The van der Waals surface area contributed by atoms with Gasteiger partial charge in [-0.05, 0) is 12.1 Å². The number of carbonyl (C=O) groups is 1. The summed E-state index contributed by atoms with van der Waals surface area (Å²) in [6.45, 7) is 0.633. The largest absolute Gasteiger partial charge is 0.496 e. The monoisotopic (exact) mass is 293 g/mol. The van der Waals surface area contributed by atoms with Crippen molar-refractivity contribution < 1.29 is 9.53 Å². The van der Waals surface area contributed by atoms with Gasteiger partial charge in [0.05, 0.1) is 19.9 Å². The minimum absolute atomic E-state index is 0.204. The van der Waals surface area contributed by atoms with Crippen LogP contribution in [0.25, 0.3) is 0 Å². The van der Waals surface area contributed by atoms with Crippen molar-refractivity contribution in [1.29, 1.82) is 0 Å². The van der Waals surface area contributed by atoms with Crippen molar-refractivity contribution >= 4 is 17.7 Å². The standard InChI is InChI=1S/C12H15N5O2S/c1-19-10-4-2-3-5-11(10)20-7-6-17-8-9(15-16-17)12(18)14-13/h2-5,8H,6-7,13H2,1H3,(H,14,18). The van der Waals surface area contributed by atoms with E-state index in [2.05, 4.69) is 10.3 Å². The molecule has 0 saturated carbocycles. The molecule has 2 aromatic rings. The van der Waals surface area contributed by atoms with Gasteiger partial charge in [0.2, 0.25) is 0 Å². The summed E-state index contributed by atoms with van der Waals surface area (Å²) < 4.78 is 6.88. The third-order valence-corrected chi connectivity index (χ3v) is 3.58.